The van der Waals surface area contributed by atoms with Gasteiger partial charge in [-0.25, -0.2) is 0 Å². The highest BCUT2D eigenvalue weighted by atomic mass is 16.3. The van der Waals surface area contributed by atoms with Crippen LogP contribution in [0.1, 0.15) is 126 Å². The normalized spacial score (nSPS) is 12.4. The summed E-state index contributed by atoms with van der Waals surface area (Å²) in [6, 6.07) is 8.45. The van der Waals surface area contributed by atoms with Crippen molar-refractivity contribution < 1.29 is 10.2 Å². The van der Waals surface area contributed by atoms with Crippen molar-refractivity contribution in [2.75, 3.05) is 0 Å². The van der Waals surface area contributed by atoms with Crippen LogP contribution >= 0.6 is 0 Å². The Hall–Kier alpha value is -2.22. The van der Waals surface area contributed by atoms with Gasteiger partial charge in [-0.2, -0.15) is 0 Å². The second-order valence-corrected chi connectivity index (χ2v) is 12.2. The lowest BCUT2D eigenvalue weighted by Crippen LogP contribution is -2.16. The van der Waals surface area contributed by atoms with E-state index in [0.717, 1.165) is 59.1 Å². The Bertz CT molecular complexity index is 900. The number of phenols is 2. The van der Waals surface area contributed by atoms with Crippen LogP contribution < -0.4 is 0 Å². The van der Waals surface area contributed by atoms with E-state index in [1.54, 1.807) is 0 Å². The number of allylic oxidation sites excluding steroid dienone is 1. The van der Waals surface area contributed by atoms with E-state index in [1.165, 1.54) is 19.3 Å². The Morgan fingerprint density at radius 3 is 1.53 bits per heavy atom. The summed E-state index contributed by atoms with van der Waals surface area (Å²) in [7, 11) is 0. The molecule has 0 aromatic heterocycles. The minimum Gasteiger partial charge on any atom is -0.507 e. The van der Waals surface area contributed by atoms with Gasteiger partial charge in [-0.3, -0.25) is 0 Å². The highest BCUT2D eigenvalue weighted by molar-refractivity contribution is 5.56. The Kier molecular flexibility index (Phi) is 9.45. The molecule has 0 fully saturated rings. The third-order valence-electron chi connectivity index (χ3n) is 6.84. The smallest absolute Gasteiger partial charge is 0.123 e. The Balaban J connectivity index is 2.55. The Morgan fingerprint density at radius 1 is 0.706 bits per heavy atom. The zero-order chi connectivity index (χ0) is 25.7. The van der Waals surface area contributed by atoms with Gasteiger partial charge >= 0.3 is 0 Å². The molecule has 0 aliphatic rings. The Morgan fingerprint density at radius 2 is 1.12 bits per heavy atom. The Labute approximate surface area is 209 Å². The molecule has 0 radical (unpaired) electrons. The lowest BCUT2D eigenvalue weighted by molar-refractivity contribution is 0.423. The van der Waals surface area contributed by atoms with Crippen LogP contribution in [0.25, 0.3) is 0 Å². The predicted molar refractivity (Wildman–Crippen MR) is 147 cm³/mol. The molecule has 0 spiro atoms. The van der Waals surface area contributed by atoms with Gasteiger partial charge in [0.05, 0.1) is 0 Å². The van der Waals surface area contributed by atoms with E-state index in [0.29, 0.717) is 11.5 Å². The van der Waals surface area contributed by atoms with Crippen molar-refractivity contribution in [2.24, 2.45) is 0 Å². The SMILES string of the molecule is C=CCCCCCCCC(c1cc(C)cc(C(C)(C)C)c1O)c1cc(C)cc(C(C)(C)C)c1O. The first-order valence-electron chi connectivity index (χ1n) is 13.1. The van der Waals surface area contributed by atoms with E-state index in [4.69, 9.17) is 0 Å². The zero-order valence-corrected chi connectivity index (χ0v) is 23.0. The van der Waals surface area contributed by atoms with Gasteiger partial charge in [-0.15, -0.1) is 6.58 Å². The molecule has 2 nitrogen and oxygen atoms in total. The standard InChI is InChI=1S/C32H48O2/c1-10-11-12-13-14-15-16-17-24(25-18-22(2)20-27(29(25)33)31(4,5)6)26-19-23(3)21-28(30(26)34)32(7,8)9/h10,18-21,24,33-34H,1,11-17H2,2-9H3. The van der Waals surface area contributed by atoms with Gasteiger partial charge in [0.25, 0.3) is 0 Å². The van der Waals surface area contributed by atoms with Crippen LogP contribution in [0.5, 0.6) is 11.5 Å². The predicted octanol–water partition coefficient (Wildman–Crippen LogP) is 9.36. The molecule has 34 heavy (non-hydrogen) atoms. The maximum absolute atomic E-state index is 11.5. The fraction of sp³-hybridized carbons (Fsp3) is 0.562. The highest BCUT2D eigenvalue weighted by Crippen LogP contribution is 2.46. The van der Waals surface area contributed by atoms with Gasteiger partial charge in [0, 0.05) is 17.0 Å². The number of rotatable bonds is 10. The molecule has 0 saturated carbocycles. The monoisotopic (exact) mass is 464 g/mol. The zero-order valence-electron chi connectivity index (χ0n) is 23.0. The number of unbranched alkanes of at least 4 members (excludes halogenated alkanes) is 5. The molecule has 0 saturated heterocycles. The van der Waals surface area contributed by atoms with Crippen molar-refractivity contribution in [3.63, 3.8) is 0 Å². The summed E-state index contributed by atoms with van der Waals surface area (Å²) in [6.45, 7) is 20.9. The van der Waals surface area contributed by atoms with Crippen molar-refractivity contribution in [3.8, 4) is 11.5 Å². The molecule has 0 bridgehead atoms. The molecule has 2 rings (SSSR count). The van der Waals surface area contributed by atoms with E-state index in [1.807, 2.05) is 6.08 Å². The first kappa shape index (κ1) is 28.0. The molecule has 2 aromatic carbocycles. The van der Waals surface area contributed by atoms with Crippen LogP contribution in [0, 0.1) is 13.8 Å². The molecule has 0 aliphatic heterocycles. The fourth-order valence-corrected chi connectivity index (χ4v) is 4.93. The largest absolute Gasteiger partial charge is 0.507 e. The minimum atomic E-state index is -0.161. The van der Waals surface area contributed by atoms with Crippen LogP contribution in [0.2, 0.25) is 0 Å². The van der Waals surface area contributed by atoms with Crippen LogP contribution in [0.4, 0.5) is 0 Å². The number of hydrogen-bond acceptors (Lipinski definition) is 2. The summed E-state index contributed by atoms with van der Waals surface area (Å²) in [5.41, 5.74) is 5.80. The molecule has 188 valence electrons. The second-order valence-electron chi connectivity index (χ2n) is 12.2. The van der Waals surface area contributed by atoms with Gasteiger partial charge in [0.2, 0.25) is 0 Å². The van der Waals surface area contributed by atoms with Gasteiger partial charge in [0.15, 0.2) is 0 Å². The maximum Gasteiger partial charge on any atom is 0.123 e. The molecular weight excluding hydrogens is 416 g/mol. The minimum absolute atomic E-state index is 0.0461. The van der Waals surface area contributed by atoms with Crippen molar-refractivity contribution in [1.29, 1.82) is 0 Å². The van der Waals surface area contributed by atoms with Gasteiger partial charge in [-0.05, 0) is 55.1 Å². The molecule has 2 heteroatoms. The van der Waals surface area contributed by atoms with Crippen molar-refractivity contribution in [1.82, 2.24) is 0 Å². The number of hydrogen-bond donors (Lipinski definition) is 2. The lowest BCUT2D eigenvalue weighted by Gasteiger charge is -2.29. The molecule has 0 heterocycles. The quantitative estimate of drug-likeness (QED) is 0.271. The summed E-state index contributed by atoms with van der Waals surface area (Å²) < 4.78 is 0. The third-order valence-corrected chi connectivity index (χ3v) is 6.84. The number of aromatic hydroxyl groups is 2. The average Bonchev–Trinajstić information content (AvgIpc) is 2.72. The molecule has 0 amide bonds. The molecule has 0 unspecified atom stereocenters. The highest BCUT2D eigenvalue weighted by Gasteiger charge is 2.29. The first-order chi connectivity index (χ1) is 15.8. The molecule has 2 aromatic rings. The van der Waals surface area contributed by atoms with E-state index < -0.39 is 0 Å². The second kappa shape index (κ2) is 11.5. The molecule has 2 N–H and O–H groups in total. The van der Waals surface area contributed by atoms with E-state index in [2.05, 4.69) is 86.2 Å². The van der Waals surface area contributed by atoms with E-state index >= 15 is 0 Å². The van der Waals surface area contributed by atoms with E-state index in [-0.39, 0.29) is 16.7 Å². The van der Waals surface area contributed by atoms with E-state index in [9.17, 15) is 10.2 Å². The lowest BCUT2D eigenvalue weighted by atomic mass is 9.77. The summed E-state index contributed by atoms with van der Waals surface area (Å²) >= 11 is 0. The maximum atomic E-state index is 11.5. The first-order valence-corrected chi connectivity index (χ1v) is 13.1. The molecule has 0 atom stereocenters. The number of aryl methyl sites for hydroxylation is 2. The van der Waals surface area contributed by atoms with Crippen LogP contribution in [0.15, 0.2) is 36.9 Å². The van der Waals surface area contributed by atoms with Gasteiger partial charge < -0.3 is 10.2 Å². The van der Waals surface area contributed by atoms with Crippen LogP contribution in [0.3, 0.4) is 0 Å². The third kappa shape index (κ3) is 7.14. The number of benzene rings is 2. The van der Waals surface area contributed by atoms with Gasteiger partial charge in [-0.1, -0.05) is 109 Å². The summed E-state index contributed by atoms with van der Waals surface area (Å²) in [5.74, 6) is 0.717. The molecular formula is C32H48O2. The van der Waals surface area contributed by atoms with Crippen molar-refractivity contribution in [3.05, 3.63) is 70.3 Å². The topological polar surface area (TPSA) is 40.5 Å². The van der Waals surface area contributed by atoms with Crippen LogP contribution in [-0.2, 0) is 10.8 Å². The van der Waals surface area contributed by atoms with Crippen LogP contribution in [-0.4, -0.2) is 10.2 Å². The van der Waals surface area contributed by atoms with Crippen molar-refractivity contribution >= 4 is 0 Å². The number of phenolic OH excluding ortho intramolecular Hbond substituents is 2. The summed E-state index contributed by atoms with van der Waals surface area (Å²) in [6.07, 6.45) is 9.85. The summed E-state index contributed by atoms with van der Waals surface area (Å²) in [4.78, 5) is 0. The molecule has 0 aliphatic carbocycles. The van der Waals surface area contributed by atoms with Crippen molar-refractivity contribution in [2.45, 2.75) is 117 Å². The van der Waals surface area contributed by atoms with Gasteiger partial charge in [0.1, 0.15) is 11.5 Å². The average molecular weight is 465 g/mol. The fourth-order valence-electron chi connectivity index (χ4n) is 4.93. The summed E-state index contributed by atoms with van der Waals surface area (Å²) in [5, 5.41) is 23.0.